The minimum absolute atomic E-state index is 0. The average Bonchev–Trinajstić information content (AvgIpc) is 2.77. The van der Waals surface area contributed by atoms with Crippen molar-refractivity contribution in [2.24, 2.45) is 0 Å². The van der Waals surface area contributed by atoms with Crippen LogP contribution < -0.4 is 223 Å². The minimum Gasteiger partial charge on any atom is -0.746 e. The van der Waals surface area contributed by atoms with Gasteiger partial charge in [-0.05, 0) is 78.4 Å². The van der Waals surface area contributed by atoms with Crippen LogP contribution >= 0.6 is 46.9 Å². The Morgan fingerprint density at radius 1 is 0.307 bits per heavy atom. The molecule has 0 saturated heterocycles. The van der Waals surface area contributed by atoms with Crippen LogP contribution in [0.3, 0.4) is 0 Å². The van der Waals surface area contributed by atoms with E-state index in [0.717, 1.165) is 18.2 Å². The third kappa shape index (κ3) is 29.3. The summed E-state index contributed by atoms with van der Waals surface area (Å²) in [5.74, 6) is -14.7. The van der Waals surface area contributed by atoms with Gasteiger partial charge < -0.3 is 99.6 Å². The van der Waals surface area contributed by atoms with E-state index in [0.29, 0.717) is 97.3 Å². The number of phosphoric acid groups is 6. The van der Waals surface area contributed by atoms with Crippen molar-refractivity contribution in [3.63, 3.8) is 0 Å². The Bertz CT molecular complexity index is 3280. The predicted octanol–water partition coefficient (Wildman–Crippen LogP) is -17.0. The van der Waals surface area contributed by atoms with Gasteiger partial charge in [0.2, 0.25) is 5.91 Å². The summed E-state index contributed by atoms with van der Waals surface area (Å²) in [6.07, 6.45) is -1.00. The van der Waals surface area contributed by atoms with E-state index in [9.17, 15) is 99.9 Å². The summed E-state index contributed by atoms with van der Waals surface area (Å²) in [5, 5.41) is 6.46. The molecule has 0 aliphatic rings. The molecule has 0 fully saturated rings. The molecule has 6 unspecified atom stereocenters. The summed E-state index contributed by atoms with van der Waals surface area (Å²) < 4.78 is 122. The first kappa shape index (κ1) is 91.2. The van der Waals surface area contributed by atoms with E-state index in [1.54, 1.807) is 0 Å². The number of benzene rings is 4. The fraction of sp³-hybridized carbons (Fsp3) is 0.175. The van der Waals surface area contributed by atoms with Crippen molar-refractivity contribution in [1.29, 1.82) is 0 Å². The second-order valence-corrected chi connectivity index (χ2v) is 23.7. The Morgan fingerprint density at radius 3 is 0.682 bits per heavy atom. The smallest absolute Gasteiger partial charge is 0.746 e. The number of phosphoric ester groups is 6. The van der Waals surface area contributed by atoms with Crippen LogP contribution in [-0.2, 0) is 92.9 Å². The average molecular weight is 1410 g/mol. The molecule has 0 aliphatic carbocycles. The van der Waals surface area contributed by atoms with Gasteiger partial charge >= 0.3 is 260 Å². The van der Waals surface area contributed by atoms with E-state index in [-0.39, 0.29) is 177 Å². The van der Waals surface area contributed by atoms with Gasteiger partial charge in [0.25, 0.3) is 11.8 Å². The number of rotatable bonds is 25. The molecule has 4 rings (SSSR count). The molecule has 0 bridgehead atoms. The molecule has 0 heterocycles. The summed E-state index contributed by atoms with van der Waals surface area (Å²) in [4.78, 5) is 191. The van der Waals surface area contributed by atoms with E-state index >= 15 is 0 Å². The van der Waals surface area contributed by atoms with E-state index < -0.39 is 174 Å². The van der Waals surface area contributed by atoms with E-state index in [1.165, 1.54) is 0 Å². The quantitative estimate of drug-likeness (QED) is 0.0410. The summed E-state index contributed by atoms with van der Waals surface area (Å²) in [6.45, 7) is 0. The molecule has 4 aromatic carbocycles. The number of hydrogen-bond acceptors (Lipinski definition) is 33. The molecule has 3 N–H and O–H groups in total. The molecule has 6 atom stereocenters. The van der Waals surface area contributed by atoms with Crippen LogP contribution in [0.15, 0.2) is 72.8 Å². The monoisotopic (exact) mass is 1410 g/mol. The summed E-state index contributed by atoms with van der Waals surface area (Å²) in [7, 11) is -28.7. The maximum Gasteiger partial charge on any atom is 1.00 e. The third-order valence-corrected chi connectivity index (χ3v) is 14.4. The topological polar surface area (TPSA) is 541 Å². The third-order valence-electron chi connectivity index (χ3n) is 9.40. The van der Waals surface area contributed by atoms with E-state index in [2.05, 4.69) is 70.2 Å². The first-order valence-electron chi connectivity index (χ1n) is 21.0. The van der Waals surface area contributed by atoms with Gasteiger partial charge in [0, 0.05) is 70.8 Å². The molecule has 3 amide bonds. The second-order valence-electron chi connectivity index (χ2n) is 15.0. The zero-order valence-corrected chi connectivity index (χ0v) is 65.2. The maximum atomic E-state index is 14.1. The van der Waals surface area contributed by atoms with Gasteiger partial charge in [-0.1, -0.05) is 0 Å². The molecule has 0 spiro atoms. The Balaban J connectivity index is -0.0000120. The van der Waals surface area contributed by atoms with Crippen molar-refractivity contribution < 1.29 is 332 Å². The Hall–Kier alpha value is -0.990. The first-order chi connectivity index (χ1) is 37.9. The van der Waals surface area contributed by atoms with Crippen LogP contribution in [0.2, 0.25) is 0 Å². The van der Waals surface area contributed by atoms with Gasteiger partial charge in [-0.2, -0.15) is 0 Å². The van der Waals surface area contributed by atoms with Crippen molar-refractivity contribution in [2.75, 3.05) is 58.6 Å². The maximum absolute atomic E-state index is 14.1. The van der Waals surface area contributed by atoms with Crippen LogP contribution in [-0.4, -0.2) is 96.2 Å². The molecular weight excluding hydrogens is 1370 g/mol. The SMILES string of the molecule is COP(=O)([O-])OC(=O)c1cc(NC(=O)Cc2cc(C(=O)Nc3cc(C(=O)OP(=O)([O-])OC)cc(C(=O)OP(=O)([O-])OC)c3)cc(C(=O)Nc3cc(C(=O)OP(=O)([O-])OC)cc(C(=O)OP(=O)([O-])OC)c3)c2)cc(C(=O)OP(=O)([O-])OC)c1.[Na+].[Na+].[Na+].[Na+].[Na+].[Na+]. The van der Waals surface area contributed by atoms with Gasteiger partial charge in [0.15, 0.2) is 0 Å². The zero-order chi connectivity index (χ0) is 61.9. The van der Waals surface area contributed by atoms with Crippen molar-refractivity contribution in [3.05, 3.63) is 123 Å². The molecule has 88 heavy (non-hydrogen) atoms. The van der Waals surface area contributed by atoms with Gasteiger partial charge in [-0.3, -0.25) is 41.8 Å². The van der Waals surface area contributed by atoms with Gasteiger partial charge in [0.1, 0.15) is 0 Å². The predicted molar refractivity (Wildman–Crippen MR) is 254 cm³/mol. The van der Waals surface area contributed by atoms with Crippen LogP contribution in [0.25, 0.3) is 0 Å². The number of carbonyl (C=O) groups excluding carboxylic acids is 9. The molecule has 36 nitrogen and oxygen atoms in total. The first-order valence-corrected chi connectivity index (χ1v) is 29.8. The summed E-state index contributed by atoms with van der Waals surface area (Å²) in [6, 6.07) is 8.11. The summed E-state index contributed by atoms with van der Waals surface area (Å²) >= 11 is 0. The number of anilines is 3. The Labute approximate surface area is 628 Å². The van der Waals surface area contributed by atoms with Gasteiger partial charge in [-0.15, -0.1) is 0 Å². The zero-order valence-electron chi connectivity index (χ0n) is 47.8. The Kier molecular flexibility index (Phi) is 40.6. The normalized spacial score (nSPS) is 14.5. The van der Waals surface area contributed by atoms with E-state index in [1.807, 2.05) is 0 Å². The molecule has 48 heteroatoms. The second kappa shape index (κ2) is 39.1. The van der Waals surface area contributed by atoms with E-state index in [4.69, 9.17) is 0 Å². The standard InChI is InChI=1S/C40H41N3O33P6.6Na/c1-65-77(53,54)71-35(47)23-11-24(36(48)72-78(55,56)66-2)15-29(14-23)41-32(44)9-20-7-21(33(45)42-30-16-25(37(49)73-79(57,58)67-3)12-26(17-30)38(50)74-80(59,60)68-4)10-22(8-20)34(46)43-31-18-27(39(51)75-81(61,62)69-5)13-28(19-31)40(52)76-82(63,64)70-6;;;;;;/h7-8,10-19H,9H2,1-6H3,(H,41,44)(H,42,45)(H,43,46)(H,53,54)(H,55,56)(H,57,58)(H,59,60)(H,61,62)(H,63,64);;;;;;/q;6*+1/p-6. The number of nitrogens with one attached hydrogen (secondary N) is 3. The summed E-state index contributed by atoms with van der Waals surface area (Å²) in [5.41, 5.74) is -9.18. The van der Waals surface area contributed by atoms with Crippen molar-refractivity contribution in [1.82, 2.24) is 0 Å². The fourth-order valence-corrected chi connectivity index (χ4v) is 8.11. The van der Waals surface area contributed by atoms with Gasteiger partial charge in [0.05, 0.1) is 39.8 Å². The molecule has 0 radical (unpaired) electrons. The fourth-order valence-electron chi connectivity index (χ4n) is 5.81. The minimum atomic E-state index is -5.40. The molecule has 0 saturated carbocycles. The van der Waals surface area contributed by atoms with Crippen molar-refractivity contribution in [3.8, 4) is 0 Å². The molecule has 0 aliphatic heterocycles. The molecule has 4 aromatic rings. The molecule has 0 aromatic heterocycles. The van der Waals surface area contributed by atoms with Crippen molar-refractivity contribution in [2.45, 2.75) is 6.42 Å². The largest absolute Gasteiger partial charge is 1.00 e. The van der Waals surface area contributed by atoms with Crippen LogP contribution in [0.4, 0.5) is 17.1 Å². The molecule has 444 valence electrons. The van der Waals surface area contributed by atoms with Gasteiger partial charge in [-0.25, -0.2) is 28.8 Å². The Morgan fingerprint density at radius 2 is 0.489 bits per heavy atom. The van der Waals surface area contributed by atoms with Crippen molar-refractivity contribution >= 4 is 118 Å². The molecular formula is C40H35N3Na6O33P6. The number of amides is 3. The van der Waals surface area contributed by atoms with Crippen LogP contribution in [0.5, 0.6) is 0 Å². The number of carbonyl (C=O) groups is 9. The van der Waals surface area contributed by atoms with Crippen LogP contribution in [0.1, 0.15) is 88.4 Å². The van der Waals surface area contributed by atoms with Crippen LogP contribution in [0, 0.1) is 0 Å². The number of hydrogen-bond donors (Lipinski definition) is 3.